The molecule has 10 heavy (non-hydrogen) atoms. The maximum Gasteiger partial charge on any atom is 0.108 e. The van der Waals surface area contributed by atoms with E-state index < -0.39 is 5.60 Å². The molecule has 2 heteroatoms. The highest BCUT2D eigenvalue weighted by atomic mass is 16.5. The van der Waals surface area contributed by atoms with Crippen LogP contribution in [0.5, 0.6) is 0 Å². The molecule has 0 amide bonds. The number of hydrogen-bond donors (Lipinski definition) is 1. The Bertz CT molecular complexity index is 110. The van der Waals surface area contributed by atoms with E-state index in [2.05, 4.69) is 6.58 Å². The number of aliphatic hydroxyl groups is 1. The van der Waals surface area contributed by atoms with Crippen LogP contribution in [0.2, 0.25) is 0 Å². The Morgan fingerprint density at radius 2 is 2.20 bits per heavy atom. The summed E-state index contributed by atoms with van der Waals surface area (Å²) in [6, 6.07) is 0. The minimum Gasteiger partial charge on any atom is -0.383 e. The summed E-state index contributed by atoms with van der Waals surface area (Å²) in [5.74, 6) is 0.143. The predicted octanol–water partition coefficient (Wildman–Crippen LogP) is 1.21. The fraction of sp³-hybridized carbons (Fsp3) is 0.750. The van der Waals surface area contributed by atoms with Crippen LogP contribution >= 0.6 is 0 Å². The third-order valence-electron chi connectivity index (χ3n) is 1.73. The molecule has 0 rings (SSSR count). The van der Waals surface area contributed by atoms with Crippen LogP contribution < -0.4 is 0 Å². The van der Waals surface area contributed by atoms with Crippen molar-refractivity contribution in [2.75, 3.05) is 13.7 Å². The van der Waals surface area contributed by atoms with Crippen molar-refractivity contribution >= 4 is 0 Å². The third-order valence-corrected chi connectivity index (χ3v) is 1.73. The number of ether oxygens (including phenoxy) is 1. The smallest absolute Gasteiger partial charge is 0.108 e. The molecule has 0 spiro atoms. The number of methoxy groups -OCH3 is 1. The van der Waals surface area contributed by atoms with Crippen molar-refractivity contribution in [3.8, 4) is 0 Å². The van der Waals surface area contributed by atoms with Gasteiger partial charge >= 0.3 is 0 Å². The van der Waals surface area contributed by atoms with Crippen molar-refractivity contribution in [2.24, 2.45) is 5.92 Å². The van der Waals surface area contributed by atoms with E-state index in [4.69, 9.17) is 4.74 Å². The molecule has 0 fully saturated rings. The molecular formula is C8H16O2. The van der Waals surface area contributed by atoms with Gasteiger partial charge in [0.25, 0.3) is 0 Å². The van der Waals surface area contributed by atoms with Crippen molar-refractivity contribution < 1.29 is 9.84 Å². The van der Waals surface area contributed by atoms with Gasteiger partial charge in [0.1, 0.15) is 5.60 Å². The summed E-state index contributed by atoms with van der Waals surface area (Å²) in [6.45, 7) is 7.72. The SMILES string of the molecule is C=CC(O)(COC)C(C)C. The molecule has 0 bridgehead atoms. The molecule has 0 aromatic carbocycles. The first-order chi connectivity index (χ1) is 4.56. The molecule has 1 atom stereocenters. The molecule has 2 nitrogen and oxygen atoms in total. The molecule has 60 valence electrons. The molecule has 0 saturated heterocycles. The molecule has 0 saturated carbocycles. The van der Waals surface area contributed by atoms with Crippen LogP contribution in [0.25, 0.3) is 0 Å². The van der Waals surface area contributed by atoms with E-state index in [9.17, 15) is 5.11 Å². The third kappa shape index (κ3) is 2.12. The van der Waals surface area contributed by atoms with Crippen LogP contribution in [-0.4, -0.2) is 24.4 Å². The van der Waals surface area contributed by atoms with Gasteiger partial charge in [-0.2, -0.15) is 0 Å². The largest absolute Gasteiger partial charge is 0.383 e. The first kappa shape index (κ1) is 9.66. The molecular weight excluding hydrogens is 128 g/mol. The van der Waals surface area contributed by atoms with Gasteiger partial charge in [0.2, 0.25) is 0 Å². The first-order valence-corrected chi connectivity index (χ1v) is 3.41. The Morgan fingerprint density at radius 3 is 2.30 bits per heavy atom. The maximum atomic E-state index is 9.65. The van der Waals surface area contributed by atoms with E-state index in [-0.39, 0.29) is 5.92 Å². The molecule has 0 radical (unpaired) electrons. The van der Waals surface area contributed by atoms with Crippen molar-refractivity contribution in [2.45, 2.75) is 19.4 Å². The quantitative estimate of drug-likeness (QED) is 0.601. The molecule has 0 aromatic heterocycles. The van der Waals surface area contributed by atoms with Gasteiger partial charge in [0.05, 0.1) is 6.61 Å². The summed E-state index contributed by atoms with van der Waals surface area (Å²) in [6.07, 6.45) is 1.53. The molecule has 1 unspecified atom stereocenters. The van der Waals surface area contributed by atoms with Gasteiger partial charge in [-0.15, -0.1) is 6.58 Å². The van der Waals surface area contributed by atoms with Crippen molar-refractivity contribution in [3.63, 3.8) is 0 Å². The minimum absolute atomic E-state index is 0.143. The Balaban J connectivity index is 4.08. The van der Waals surface area contributed by atoms with Gasteiger partial charge in [-0.25, -0.2) is 0 Å². The topological polar surface area (TPSA) is 29.5 Å². The number of hydrogen-bond acceptors (Lipinski definition) is 2. The Kier molecular flexibility index (Phi) is 3.61. The van der Waals surface area contributed by atoms with E-state index >= 15 is 0 Å². The summed E-state index contributed by atoms with van der Waals surface area (Å²) in [5, 5.41) is 9.65. The fourth-order valence-corrected chi connectivity index (χ4v) is 0.693. The van der Waals surface area contributed by atoms with E-state index in [0.29, 0.717) is 6.61 Å². The molecule has 0 heterocycles. The van der Waals surface area contributed by atoms with E-state index in [1.165, 1.54) is 6.08 Å². The second-order valence-corrected chi connectivity index (χ2v) is 2.78. The molecule has 0 aromatic rings. The van der Waals surface area contributed by atoms with Crippen LogP contribution in [0, 0.1) is 5.92 Å². The first-order valence-electron chi connectivity index (χ1n) is 3.41. The molecule has 0 aliphatic rings. The average molecular weight is 144 g/mol. The lowest BCUT2D eigenvalue weighted by atomic mass is 9.91. The van der Waals surface area contributed by atoms with Crippen LogP contribution in [-0.2, 0) is 4.74 Å². The second-order valence-electron chi connectivity index (χ2n) is 2.78. The summed E-state index contributed by atoms with van der Waals surface area (Å²) < 4.78 is 4.84. The highest BCUT2D eigenvalue weighted by Crippen LogP contribution is 2.17. The normalized spacial score (nSPS) is 16.9. The highest BCUT2D eigenvalue weighted by molar-refractivity contribution is 4.97. The van der Waals surface area contributed by atoms with Crippen LogP contribution in [0.1, 0.15) is 13.8 Å². The van der Waals surface area contributed by atoms with Gasteiger partial charge in [-0.3, -0.25) is 0 Å². The van der Waals surface area contributed by atoms with E-state index in [0.717, 1.165) is 0 Å². The average Bonchev–Trinajstić information content (AvgIpc) is 1.88. The minimum atomic E-state index is -0.866. The maximum absolute atomic E-state index is 9.65. The fourth-order valence-electron chi connectivity index (χ4n) is 0.693. The van der Waals surface area contributed by atoms with Gasteiger partial charge in [-0.05, 0) is 5.92 Å². The second kappa shape index (κ2) is 3.74. The Morgan fingerprint density at radius 1 is 1.70 bits per heavy atom. The zero-order valence-electron chi connectivity index (χ0n) is 6.92. The van der Waals surface area contributed by atoms with Gasteiger partial charge in [0.15, 0.2) is 0 Å². The number of rotatable bonds is 4. The van der Waals surface area contributed by atoms with Gasteiger partial charge in [-0.1, -0.05) is 19.9 Å². The lowest BCUT2D eigenvalue weighted by Gasteiger charge is -2.27. The summed E-state index contributed by atoms with van der Waals surface area (Å²) in [4.78, 5) is 0. The monoisotopic (exact) mass is 144 g/mol. The van der Waals surface area contributed by atoms with Crippen molar-refractivity contribution in [1.82, 2.24) is 0 Å². The van der Waals surface area contributed by atoms with E-state index in [1.807, 2.05) is 13.8 Å². The lowest BCUT2D eigenvalue weighted by molar-refractivity contribution is -0.0261. The van der Waals surface area contributed by atoms with Gasteiger partial charge in [0, 0.05) is 7.11 Å². The van der Waals surface area contributed by atoms with Crippen molar-refractivity contribution in [1.29, 1.82) is 0 Å². The molecule has 0 aliphatic carbocycles. The zero-order chi connectivity index (χ0) is 8.20. The summed E-state index contributed by atoms with van der Waals surface area (Å²) in [7, 11) is 1.57. The summed E-state index contributed by atoms with van der Waals surface area (Å²) >= 11 is 0. The van der Waals surface area contributed by atoms with Crippen molar-refractivity contribution in [3.05, 3.63) is 12.7 Å². The predicted molar refractivity (Wildman–Crippen MR) is 41.9 cm³/mol. The Hall–Kier alpha value is -0.340. The molecule has 1 N–H and O–H groups in total. The Labute approximate surface area is 62.5 Å². The van der Waals surface area contributed by atoms with E-state index in [1.54, 1.807) is 7.11 Å². The van der Waals surface area contributed by atoms with Crippen LogP contribution in [0.3, 0.4) is 0 Å². The van der Waals surface area contributed by atoms with Crippen LogP contribution in [0.15, 0.2) is 12.7 Å². The summed E-state index contributed by atoms with van der Waals surface area (Å²) in [5.41, 5.74) is -0.866. The lowest BCUT2D eigenvalue weighted by Crippen LogP contribution is -2.37. The molecule has 0 aliphatic heterocycles. The van der Waals surface area contributed by atoms with Gasteiger partial charge < -0.3 is 9.84 Å². The zero-order valence-corrected chi connectivity index (χ0v) is 6.92. The highest BCUT2D eigenvalue weighted by Gasteiger charge is 2.26. The standard InChI is InChI=1S/C8H16O2/c1-5-8(9,6-10-4)7(2)3/h5,7,9H,1,6H2,2-4H3. The van der Waals surface area contributed by atoms with Crippen LogP contribution in [0.4, 0.5) is 0 Å².